The fourth-order valence-corrected chi connectivity index (χ4v) is 2.77. The molecule has 1 amide bonds. The lowest BCUT2D eigenvalue weighted by atomic mass is 9.90. The van der Waals surface area contributed by atoms with Crippen LogP contribution in [0.1, 0.15) is 32.1 Å². The van der Waals surface area contributed by atoms with Gasteiger partial charge in [0.2, 0.25) is 5.91 Å². The summed E-state index contributed by atoms with van der Waals surface area (Å²) in [5, 5.41) is 7.44. The van der Waals surface area contributed by atoms with Gasteiger partial charge in [0.15, 0.2) is 0 Å². The Morgan fingerprint density at radius 2 is 2.16 bits per heavy atom. The molecule has 106 valence electrons. The summed E-state index contributed by atoms with van der Waals surface area (Å²) in [5.74, 6) is 0.225. The Bertz CT molecular complexity index is 382. The molecule has 1 fully saturated rings. The molecule has 2 rings (SSSR count). The van der Waals surface area contributed by atoms with E-state index < -0.39 is 0 Å². The fourth-order valence-electron chi connectivity index (χ4n) is 2.77. The van der Waals surface area contributed by atoms with Gasteiger partial charge in [0, 0.05) is 44.5 Å². The van der Waals surface area contributed by atoms with Crippen molar-refractivity contribution in [2.24, 2.45) is 0 Å². The molecule has 5 nitrogen and oxygen atoms in total. The van der Waals surface area contributed by atoms with Crippen molar-refractivity contribution in [3.05, 3.63) is 18.5 Å². The maximum atomic E-state index is 12.2. The van der Waals surface area contributed by atoms with E-state index in [0.717, 1.165) is 25.7 Å². The van der Waals surface area contributed by atoms with Gasteiger partial charge in [-0.25, -0.2) is 0 Å². The highest BCUT2D eigenvalue weighted by Crippen LogP contribution is 2.22. The Morgan fingerprint density at radius 1 is 1.42 bits per heavy atom. The van der Waals surface area contributed by atoms with Crippen LogP contribution in [0.2, 0.25) is 0 Å². The first-order chi connectivity index (χ1) is 9.20. The van der Waals surface area contributed by atoms with Gasteiger partial charge in [-0.3, -0.25) is 9.48 Å². The summed E-state index contributed by atoms with van der Waals surface area (Å²) in [6.07, 6.45) is 8.71. The Kier molecular flexibility index (Phi) is 4.96. The van der Waals surface area contributed by atoms with E-state index in [9.17, 15) is 4.79 Å². The Labute approximate surface area is 115 Å². The van der Waals surface area contributed by atoms with Crippen molar-refractivity contribution in [3.63, 3.8) is 0 Å². The zero-order chi connectivity index (χ0) is 13.7. The van der Waals surface area contributed by atoms with Crippen LogP contribution in [0.25, 0.3) is 0 Å². The van der Waals surface area contributed by atoms with Gasteiger partial charge >= 0.3 is 0 Å². The van der Waals surface area contributed by atoms with Crippen molar-refractivity contribution in [1.29, 1.82) is 0 Å². The Morgan fingerprint density at radius 3 is 2.74 bits per heavy atom. The molecule has 5 heteroatoms. The largest absolute Gasteiger partial charge is 0.343 e. The molecule has 1 aliphatic rings. The number of aromatic nitrogens is 2. The van der Waals surface area contributed by atoms with E-state index in [4.69, 9.17) is 0 Å². The number of aryl methyl sites for hydroxylation is 1. The standard InChI is InChI=1S/C14H24N4O/c1-15-12-4-6-13(7-5-12)17(2)14(19)8-11-18-10-3-9-16-18/h3,9-10,12-13,15H,4-8,11H2,1-2H3. The van der Waals surface area contributed by atoms with Gasteiger partial charge in [-0.2, -0.15) is 5.10 Å². The molecule has 0 bridgehead atoms. The zero-order valence-corrected chi connectivity index (χ0v) is 11.9. The maximum absolute atomic E-state index is 12.2. The lowest BCUT2D eigenvalue weighted by molar-refractivity contribution is -0.132. The number of carbonyl (C=O) groups is 1. The highest BCUT2D eigenvalue weighted by atomic mass is 16.2. The number of nitrogens with zero attached hydrogens (tertiary/aromatic N) is 3. The van der Waals surface area contributed by atoms with Gasteiger partial charge < -0.3 is 10.2 Å². The molecule has 0 saturated heterocycles. The van der Waals surface area contributed by atoms with Gasteiger partial charge in [-0.05, 0) is 38.8 Å². The van der Waals surface area contributed by atoms with Crippen molar-refractivity contribution in [1.82, 2.24) is 20.0 Å². The second-order valence-electron chi connectivity index (χ2n) is 5.32. The molecule has 0 atom stereocenters. The van der Waals surface area contributed by atoms with Crippen molar-refractivity contribution >= 4 is 5.91 Å². The minimum atomic E-state index is 0.225. The summed E-state index contributed by atoms with van der Waals surface area (Å²) in [7, 11) is 3.96. The van der Waals surface area contributed by atoms with Crippen LogP contribution in [0.5, 0.6) is 0 Å². The molecule has 1 aromatic heterocycles. The number of hydrogen-bond acceptors (Lipinski definition) is 3. The molecule has 0 radical (unpaired) electrons. The van der Waals surface area contributed by atoms with Gasteiger partial charge in [0.05, 0.1) is 0 Å². The third-order valence-electron chi connectivity index (χ3n) is 4.16. The van der Waals surface area contributed by atoms with Gasteiger partial charge in [0.25, 0.3) is 0 Å². The lowest BCUT2D eigenvalue weighted by Gasteiger charge is -2.34. The summed E-state index contributed by atoms with van der Waals surface area (Å²) < 4.78 is 1.81. The third-order valence-corrected chi connectivity index (χ3v) is 4.16. The molecule has 1 aliphatic carbocycles. The smallest absolute Gasteiger partial charge is 0.224 e. The molecule has 0 aliphatic heterocycles. The zero-order valence-electron chi connectivity index (χ0n) is 11.9. The third kappa shape index (κ3) is 3.80. The summed E-state index contributed by atoms with van der Waals surface area (Å²) in [6, 6.07) is 2.92. The molecule has 0 spiro atoms. The maximum Gasteiger partial charge on any atom is 0.224 e. The van der Waals surface area contributed by atoms with E-state index in [1.165, 1.54) is 0 Å². The van der Waals surface area contributed by atoms with Crippen LogP contribution < -0.4 is 5.32 Å². The van der Waals surface area contributed by atoms with Crippen molar-refractivity contribution < 1.29 is 4.79 Å². The predicted molar refractivity (Wildman–Crippen MR) is 74.7 cm³/mol. The van der Waals surface area contributed by atoms with Crippen LogP contribution in [-0.4, -0.2) is 46.8 Å². The van der Waals surface area contributed by atoms with Crippen LogP contribution >= 0.6 is 0 Å². The van der Waals surface area contributed by atoms with Crippen LogP contribution in [0, 0.1) is 0 Å². The molecular formula is C14H24N4O. The van der Waals surface area contributed by atoms with Gasteiger partial charge in [0.1, 0.15) is 0 Å². The summed E-state index contributed by atoms with van der Waals surface area (Å²) >= 11 is 0. The normalized spacial score (nSPS) is 23.3. The first-order valence-electron chi connectivity index (χ1n) is 7.11. The fraction of sp³-hybridized carbons (Fsp3) is 0.714. The molecule has 19 heavy (non-hydrogen) atoms. The van der Waals surface area contributed by atoms with E-state index in [1.807, 2.05) is 35.9 Å². The van der Waals surface area contributed by atoms with Crippen LogP contribution in [0.15, 0.2) is 18.5 Å². The van der Waals surface area contributed by atoms with Crippen LogP contribution in [-0.2, 0) is 11.3 Å². The second kappa shape index (κ2) is 6.70. The van der Waals surface area contributed by atoms with E-state index >= 15 is 0 Å². The van der Waals surface area contributed by atoms with Crippen LogP contribution in [0.3, 0.4) is 0 Å². The minimum Gasteiger partial charge on any atom is -0.343 e. The van der Waals surface area contributed by atoms with Gasteiger partial charge in [-0.1, -0.05) is 0 Å². The van der Waals surface area contributed by atoms with E-state index in [-0.39, 0.29) is 5.91 Å². The molecule has 1 N–H and O–H groups in total. The molecular weight excluding hydrogens is 240 g/mol. The highest BCUT2D eigenvalue weighted by molar-refractivity contribution is 5.76. The average Bonchev–Trinajstić information content (AvgIpc) is 2.97. The lowest BCUT2D eigenvalue weighted by Crippen LogP contribution is -2.42. The Balaban J connectivity index is 1.76. The quantitative estimate of drug-likeness (QED) is 0.871. The predicted octanol–water partition coefficient (Wildman–Crippen LogP) is 1.26. The topological polar surface area (TPSA) is 50.2 Å². The summed E-state index contributed by atoms with van der Waals surface area (Å²) in [6.45, 7) is 0.669. The SMILES string of the molecule is CNC1CCC(N(C)C(=O)CCn2cccn2)CC1. The minimum absolute atomic E-state index is 0.225. The highest BCUT2D eigenvalue weighted by Gasteiger charge is 2.25. The van der Waals surface area contributed by atoms with E-state index in [1.54, 1.807) is 6.20 Å². The second-order valence-corrected chi connectivity index (χ2v) is 5.32. The number of carbonyl (C=O) groups excluding carboxylic acids is 1. The molecule has 1 saturated carbocycles. The van der Waals surface area contributed by atoms with Crippen molar-refractivity contribution in [2.45, 2.75) is 50.7 Å². The first kappa shape index (κ1) is 14.1. The summed E-state index contributed by atoms with van der Waals surface area (Å²) in [4.78, 5) is 14.1. The number of rotatable bonds is 5. The first-order valence-corrected chi connectivity index (χ1v) is 7.11. The number of amides is 1. The molecule has 0 aromatic carbocycles. The molecule has 1 aromatic rings. The monoisotopic (exact) mass is 264 g/mol. The molecule has 1 heterocycles. The number of nitrogens with one attached hydrogen (secondary N) is 1. The number of hydrogen-bond donors (Lipinski definition) is 1. The van der Waals surface area contributed by atoms with Crippen molar-refractivity contribution in [2.75, 3.05) is 14.1 Å². The van der Waals surface area contributed by atoms with Crippen molar-refractivity contribution in [3.8, 4) is 0 Å². The average molecular weight is 264 g/mol. The van der Waals surface area contributed by atoms with E-state index in [0.29, 0.717) is 25.0 Å². The molecule has 0 unspecified atom stereocenters. The van der Waals surface area contributed by atoms with Gasteiger partial charge in [-0.15, -0.1) is 0 Å². The van der Waals surface area contributed by atoms with E-state index in [2.05, 4.69) is 10.4 Å². The Hall–Kier alpha value is -1.36. The van der Waals surface area contributed by atoms with Crippen LogP contribution in [0.4, 0.5) is 0 Å². The summed E-state index contributed by atoms with van der Waals surface area (Å²) in [5.41, 5.74) is 0.